The molecule has 0 aliphatic carbocycles. The fourth-order valence-electron chi connectivity index (χ4n) is 1.72. The van der Waals surface area contributed by atoms with E-state index in [4.69, 9.17) is 0 Å². The molecule has 2 aromatic heterocycles. The van der Waals surface area contributed by atoms with Crippen LogP contribution in [0.15, 0.2) is 29.0 Å². The van der Waals surface area contributed by atoms with Gasteiger partial charge in [0.2, 0.25) is 0 Å². The molecule has 2 aromatic rings. The number of rotatable bonds is 4. The molecule has 0 aliphatic heterocycles. The van der Waals surface area contributed by atoms with E-state index in [1.807, 2.05) is 38.5 Å². The van der Waals surface area contributed by atoms with Crippen molar-refractivity contribution < 1.29 is 0 Å². The molecule has 0 atom stereocenters. The molecule has 0 saturated heterocycles. The highest BCUT2D eigenvalue weighted by atomic mass is 79.9. The minimum atomic E-state index is 0.760. The summed E-state index contributed by atoms with van der Waals surface area (Å²) < 4.78 is 3.17. The molecule has 0 aliphatic rings. The van der Waals surface area contributed by atoms with Crippen LogP contribution in [-0.4, -0.2) is 21.6 Å². The lowest BCUT2D eigenvalue weighted by atomic mass is 10.3. The fraction of sp³-hybridized carbons (Fsp3) is 0.333. The molecular weight excluding hydrogens is 280 g/mol. The molecule has 0 radical (unpaired) electrons. The minimum absolute atomic E-state index is 0.760. The maximum atomic E-state index is 4.38. The summed E-state index contributed by atoms with van der Waals surface area (Å²) in [6, 6.07) is 4.03. The monoisotopic (exact) mass is 294 g/mol. The topological polar surface area (TPSA) is 42.7 Å². The molecule has 2 rings (SSSR count). The van der Waals surface area contributed by atoms with Gasteiger partial charge in [-0.05, 0) is 42.0 Å². The number of pyridine rings is 1. The zero-order valence-electron chi connectivity index (χ0n) is 9.94. The summed E-state index contributed by atoms with van der Waals surface area (Å²) in [7, 11) is 1.94. The largest absolute Gasteiger partial charge is 0.325 e. The normalized spacial score (nSPS) is 10.8. The Morgan fingerprint density at radius 1 is 1.29 bits per heavy atom. The Balaban J connectivity index is 2.22. The van der Waals surface area contributed by atoms with E-state index in [0.29, 0.717) is 0 Å². The third-order valence-electron chi connectivity index (χ3n) is 2.60. The number of nitrogens with one attached hydrogen (secondary N) is 1. The molecule has 4 nitrogen and oxygen atoms in total. The van der Waals surface area contributed by atoms with Gasteiger partial charge >= 0.3 is 0 Å². The quantitative estimate of drug-likeness (QED) is 0.939. The van der Waals surface area contributed by atoms with E-state index < -0.39 is 0 Å². The van der Waals surface area contributed by atoms with Crippen molar-refractivity contribution in [2.45, 2.75) is 20.0 Å². The van der Waals surface area contributed by atoms with Crippen LogP contribution in [0.1, 0.15) is 17.2 Å². The summed E-state index contributed by atoms with van der Waals surface area (Å²) in [6.07, 6.45) is 3.73. The Morgan fingerprint density at radius 2 is 2.12 bits per heavy atom. The highest BCUT2D eigenvalue weighted by molar-refractivity contribution is 9.10. The molecule has 1 N–H and O–H groups in total. The van der Waals surface area contributed by atoms with E-state index in [9.17, 15) is 0 Å². The van der Waals surface area contributed by atoms with Crippen molar-refractivity contribution in [3.8, 4) is 0 Å². The van der Waals surface area contributed by atoms with Crippen LogP contribution in [0.25, 0.3) is 0 Å². The second kappa shape index (κ2) is 5.42. The summed E-state index contributed by atoms with van der Waals surface area (Å²) in [6.45, 7) is 3.59. The van der Waals surface area contributed by atoms with Gasteiger partial charge in [-0.25, -0.2) is 4.98 Å². The zero-order chi connectivity index (χ0) is 12.3. The van der Waals surface area contributed by atoms with Crippen LogP contribution in [0.2, 0.25) is 0 Å². The van der Waals surface area contributed by atoms with Crippen molar-refractivity contribution >= 4 is 15.9 Å². The Kier molecular flexibility index (Phi) is 3.91. The van der Waals surface area contributed by atoms with Crippen molar-refractivity contribution in [1.82, 2.24) is 19.9 Å². The number of imidazole rings is 1. The van der Waals surface area contributed by atoms with E-state index in [1.165, 1.54) is 5.69 Å². The molecule has 0 unspecified atom stereocenters. The average Bonchev–Trinajstić information content (AvgIpc) is 2.65. The molecule has 0 fully saturated rings. The summed E-state index contributed by atoms with van der Waals surface area (Å²) in [5.74, 6) is 1.01. The number of hydrogen-bond acceptors (Lipinski definition) is 3. The second-order valence-electron chi connectivity index (χ2n) is 3.88. The Morgan fingerprint density at radius 3 is 2.76 bits per heavy atom. The highest BCUT2D eigenvalue weighted by Gasteiger charge is 2.06. The van der Waals surface area contributed by atoms with Crippen LogP contribution < -0.4 is 5.32 Å². The summed E-state index contributed by atoms with van der Waals surface area (Å²) >= 11 is 3.39. The fourth-order valence-corrected chi connectivity index (χ4v) is 1.95. The average molecular weight is 295 g/mol. The molecule has 0 aromatic carbocycles. The van der Waals surface area contributed by atoms with E-state index in [-0.39, 0.29) is 0 Å². The molecule has 0 amide bonds. The van der Waals surface area contributed by atoms with Gasteiger partial charge in [-0.2, -0.15) is 0 Å². The standard InChI is InChI=1S/C12H15BrN4/c1-9-15-7-12(6-14-2)17(9)8-11-4-3-10(13)5-16-11/h3-5,7,14H,6,8H2,1-2H3. The van der Waals surface area contributed by atoms with Crippen LogP contribution in [0.4, 0.5) is 0 Å². The second-order valence-corrected chi connectivity index (χ2v) is 4.80. The molecule has 2 heterocycles. The zero-order valence-corrected chi connectivity index (χ0v) is 11.5. The van der Waals surface area contributed by atoms with Crippen molar-refractivity contribution in [2.75, 3.05) is 7.05 Å². The van der Waals surface area contributed by atoms with Crippen molar-refractivity contribution in [3.63, 3.8) is 0 Å². The summed E-state index contributed by atoms with van der Waals surface area (Å²) in [4.78, 5) is 8.71. The van der Waals surface area contributed by atoms with Gasteiger partial charge < -0.3 is 9.88 Å². The van der Waals surface area contributed by atoms with Crippen molar-refractivity contribution in [2.24, 2.45) is 0 Å². The number of nitrogens with zero attached hydrogens (tertiary/aromatic N) is 3. The van der Waals surface area contributed by atoms with Gasteiger partial charge in [-0.15, -0.1) is 0 Å². The molecule has 0 saturated carbocycles. The Bertz CT molecular complexity index is 490. The first kappa shape index (κ1) is 12.3. The molecule has 5 heteroatoms. The number of aromatic nitrogens is 3. The molecule has 0 spiro atoms. The predicted molar refractivity (Wildman–Crippen MR) is 70.8 cm³/mol. The van der Waals surface area contributed by atoms with Crippen LogP contribution in [0.5, 0.6) is 0 Å². The van der Waals surface area contributed by atoms with Crippen molar-refractivity contribution in [3.05, 3.63) is 46.2 Å². The van der Waals surface area contributed by atoms with Crippen LogP contribution in [0.3, 0.4) is 0 Å². The first-order chi connectivity index (χ1) is 8.20. The van der Waals surface area contributed by atoms with Gasteiger partial charge in [-0.3, -0.25) is 4.98 Å². The van der Waals surface area contributed by atoms with Gasteiger partial charge in [-0.1, -0.05) is 0 Å². The number of hydrogen-bond donors (Lipinski definition) is 1. The molecule has 17 heavy (non-hydrogen) atoms. The van der Waals surface area contributed by atoms with Gasteiger partial charge in [0.25, 0.3) is 0 Å². The van der Waals surface area contributed by atoms with Gasteiger partial charge in [0.05, 0.1) is 17.9 Å². The van der Waals surface area contributed by atoms with E-state index >= 15 is 0 Å². The molecule has 0 bridgehead atoms. The minimum Gasteiger partial charge on any atom is -0.325 e. The van der Waals surface area contributed by atoms with Crippen LogP contribution in [0, 0.1) is 6.92 Å². The Labute approximate surface area is 109 Å². The summed E-state index contributed by atoms with van der Waals surface area (Å²) in [5, 5.41) is 3.14. The third kappa shape index (κ3) is 2.92. The SMILES string of the molecule is CNCc1cnc(C)n1Cc1ccc(Br)cn1. The smallest absolute Gasteiger partial charge is 0.106 e. The van der Waals surface area contributed by atoms with Crippen LogP contribution in [-0.2, 0) is 13.1 Å². The van der Waals surface area contributed by atoms with E-state index in [1.54, 1.807) is 0 Å². The first-order valence-electron chi connectivity index (χ1n) is 5.46. The highest BCUT2D eigenvalue weighted by Crippen LogP contribution is 2.11. The lowest BCUT2D eigenvalue weighted by molar-refractivity contribution is 0.666. The number of halogens is 1. The maximum Gasteiger partial charge on any atom is 0.106 e. The lowest BCUT2D eigenvalue weighted by Crippen LogP contribution is -2.13. The van der Waals surface area contributed by atoms with Gasteiger partial charge in [0.15, 0.2) is 0 Å². The van der Waals surface area contributed by atoms with Crippen LogP contribution >= 0.6 is 15.9 Å². The molecular formula is C12H15BrN4. The number of aryl methyl sites for hydroxylation is 1. The van der Waals surface area contributed by atoms with Crippen molar-refractivity contribution in [1.29, 1.82) is 0 Å². The van der Waals surface area contributed by atoms with Gasteiger partial charge in [0.1, 0.15) is 5.82 Å². The lowest BCUT2D eigenvalue weighted by Gasteiger charge is -2.09. The third-order valence-corrected chi connectivity index (χ3v) is 3.07. The molecule has 90 valence electrons. The Hall–Kier alpha value is -1.20. The van der Waals surface area contributed by atoms with E-state index in [0.717, 1.165) is 29.1 Å². The first-order valence-corrected chi connectivity index (χ1v) is 6.26. The maximum absolute atomic E-state index is 4.38. The summed E-state index contributed by atoms with van der Waals surface area (Å²) in [5.41, 5.74) is 2.21. The van der Waals surface area contributed by atoms with E-state index in [2.05, 4.69) is 35.8 Å². The predicted octanol–water partition coefficient (Wildman–Crippen LogP) is 2.12. The van der Waals surface area contributed by atoms with Gasteiger partial charge in [0, 0.05) is 23.4 Å².